The molecular weight excluding hydrogens is 386 g/mol. The first-order chi connectivity index (χ1) is 13.0. The van der Waals surface area contributed by atoms with Crippen molar-refractivity contribution >= 4 is 29.7 Å². The number of nitrogens with zero attached hydrogens (tertiary/aromatic N) is 1. The zero-order valence-corrected chi connectivity index (χ0v) is 16.5. The molecule has 3 rings (SSSR count). The summed E-state index contributed by atoms with van der Waals surface area (Å²) in [4.78, 5) is 14.6. The third kappa shape index (κ3) is 6.15. The predicted octanol–water partition coefficient (Wildman–Crippen LogP) is 3.15. The van der Waals surface area contributed by atoms with Crippen LogP contribution in [0.15, 0.2) is 36.4 Å². The molecule has 5 nitrogen and oxygen atoms in total. The van der Waals surface area contributed by atoms with Crippen molar-refractivity contribution in [2.24, 2.45) is 0 Å². The van der Waals surface area contributed by atoms with Gasteiger partial charge in [-0.05, 0) is 36.2 Å². The number of piperazine rings is 1. The van der Waals surface area contributed by atoms with Crippen molar-refractivity contribution in [3.05, 3.63) is 59.2 Å². The number of amides is 1. The van der Waals surface area contributed by atoms with Gasteiger partial charge in [-0.2, -0.15) is 0 Å². The van der Waals surface area contributed by atoms with Gasteiger partial charge in [0.25, 0.3) is 0 Å². The van der Waals surface area contributed by atoms with E-state index in [2.05, 4.69) is 26.9 Å². The summed E-state index contributed by atoms with van der Waals surface area (Å²) < 4.78 is 26.2. The molecule has 0 saturated carbocycles. The molecule has 0 aromatic heterocycles. The first-order valence-electron chi connectivity index (χ1n) is 9.02. The van der Waals surface area contributed by atoms with E-state index < -0.39 is 11.6 Å². The molecule has 1 amide bonds. The molecule has 2 aromatic rings. The second-order valence-electron chi connectivity index (χ2n) is 6.71. The molecule has 0 spiro atoms. The Morgan fingerprint density at radius 2 is 1.86 bits per heavy atom. The Kier molecular flexibility index (Phi) is 8.17. The van der Waals surface area contributed by atoms with Crippen LogP contribution in [0, 0.1) is 18.6 Å². The van der Waals surface area contributed by atoms with Crippen LogP contribution in [-0.4, -0.2) is 43.5 Å². The van der Waals surface area contributed by atoms with E-state index in [4.69, 9.17) is 0 Å². The highest BCUT2D eigenvalue weighted by molar-refractivity contribution is 5.94. The van der Waals surface area contributed by atoms with Crippen molar-refractivity contribution in [2.75, 3.05) is 43.4 Å². The van der Waals surface area contributed by atoms with Crippen LogP contribution in [0.5, 0.6) is 0 Å². The van der Waals surface area contributed by atoms with Crippen LogP contribution < -0.4 is 16.0 Å². The van der Waals surface area contributed by atoms with Gasteiger partial charge < -0.3 is 16.0 Å². The van der Waals surface area contributed by atoms with E-state index in [1.807, 2.05) is 19.1 Å². The van der Waals surface area contributed by atoms with Crippen molar-refractivity contribution in [1.82, 2.24) is 10.2 Å². The van der Waals surface area contributed by atoms with E-state index in [1.54, 1.807) is 0 Å². The number of rotatable bonds is 6. The van der Waals surface area contributed by atoms with E-state index in [0.29, 0.717) is 5.69 Å². The number of carbonyl (C=O) groups excluding carboxylic acids is 1. The van der Waals surface area contributed by atoms with E-state index in [-0.39, 0.29) is 24.9 Å². The average Bonchev–Trinajstić information content (AvgIpc) is 2.66. The average molecular weight is 411 g/mol. The summed E-state index contributed by atoms with van der Waals surface area (Å²) in [7, 11) is 0. The third-order valence-corrected chi connectivity index (χ3v) is 4.56. The maximum atomic E-state index is 13.2. The summed E-state index contributed by atoms with van der Waals surface area (Å²) >= 11 is 0. The van der Waals surface area contributed by atoms with Crippen LogP contribution >= 0.6 is 12.4 Å². The number of benzene rings is 2. The Bertz CT molecular complexity index is 813. The summed E-state index contributed by atoms with van der Waals surface area (Å²) in [6.45, 7) is 6.75. The molecule has 8 heteroatoms. The smallest absolute Gasteiger partial charge is 0.243 e. The van der Waals surface area contributed by atoms with Gasteiger partial charge in [0.2, 0.25) is 5.91 Å². The number of aryl methyl sites for hydroxylation is 1. The Balaban J connectivity index is 0.00000280. The Morgan fingerprint density at radius 1 is 1.11 bits per heavy atom. The minimum absolute atomic E-state index is 0. The number of halogens is 3. The Labute approximate surface area is 169 Å². The lowest BCUT2D eigenvalue weighted by molar-refractivity contribution is -0.114. The predicted molar refractivity (Wildman–Crippen MR) is 110 cm³/mol. The van der Waals surface area contributed by atoms with E-state index in [0.717, 1.165) is 61.7 Å². The fraction of sp³-hybridized carbons (Fsp3) is 0.350. The number of hydrogen-bond donors (Lipinski definition) is 3. The molecule has 28 heavy (non-hydrogen) atoms. The first-order valence-corrected chi connectivity index (χ1v) is 9.02. The normalized spacial score (nSPS) is 14.2. The summed E-state index contributed by atoms with van der Waals surface area (Å²) in [6.07, 6.45) is 0. The van der Waals surface area contributed by atoms with Gasteiger partial charge in [-0.15, -0.1) is 12.4 Å². The Hall–Kier alpha value is -2.22. The first kappa shape index (κ1) is 22.1. The van der Waals surface area contributed by atoms with Crippen molar-refractivity contribution in [1.29, 1.82) is 0 Å². The highest BCUT2D eigenvalue weighted by Crippen LogP contribution is 2.19. The summed E-state index contributed by atoms with van der Waals surface area (Å²) in [5.74, 6) is -2.11. The number of carbonyl (C=O) groups is 1. The molecule has 1 fully saturated rings. The minimum Gasteiger partial charge on any atom is -0.376 e. The maximum absolute atomic E-state index is 13.2. The molecule has 0 radical (unpaired) electrons. The topological polar surface area (TPSA) is 56.4 Å². The monoisotopic (exact) mass is 410 g/mol. The van der Waals surface area contributed by atoms with Gasteiger partial charge in [0.05, 0.1) is 6.54 Å². The zero-order chi connectivity index (χ0) is 19.2. The molecule has 0 bridgehead atoms. The van der Waals surface area contributed by atoms with E-state index in [1.165, 1.54) is 6.07 Å². The molecule has 152 valence electrons. The zero-order valence-electron chi connectivity index (χ0n) is 15.7. The van der Waals surface area contributed by atoms with Gasteiger partial charge in [-0.25, -0.2) is 8.78 Å². The summed E-state index contributed by atoms with van der Waals surface area (Å²) in [5.41, 5.74) is 3.24. The number of anilines is 2. The lowest BCUT2D eigenvalue weighted by Crippen LogP contribution is -2.42. The standard InChI is InChI=1S/C20H24F2N4O.ClH/c1-14-2-3-15(13-26-8-6-23-7-9-26)10-19(14)25-20(27)12-24-16-4-5-17(21)18(22)11-16;/h2-5,10-11,23-24H,6-9,12-13H2,1H3,(H,25,27);1H. The third-order valence-electron chi connectivity index (χ3n) is 4.56. The largest absolute Gasteiger partial charge is 0.376 e. The number of nitrogens with one attached hydrogen (secondary N) is 3. The van der Waals surface area contributed by atoms with Crippen LogP contribution in [0.1, 0.15) is 11.1 Å². The molecule has 1 aliphatic heterocycles. The van der Waals surface area contributed by atoms with Gasteiger partial charge in [0, 0.05) is 50.2 Å². The SMILES string of the molecule is Cc1ccc(CN2CCNCC2)cc1NC(=O)CNc1ccc(F)c(F)c1.Cl. The van der Waals surface area contributed by atoms with Gasteiger partial charge in [0.1, 0.15) is 0 Å². The van der Waals surface area contributed by atoms with Crippen LogP contribution in [0.4, 0.5) is 20.2 Å². The van der Waals surface area contributed by atoms with Crippen molar-refractivity contribution in [3.63, 3.8) is 0 Å². The van der Waals surface area contributed by atoms with Crippen molar-refractivity contribution in [2.45, 2.75) is 13.5 Å². The van der Waals surface area contributed by atoms with Gasteiger partial charge in [0.15, 0.2) is 11.6 Å². The molecule has 0 atom stereocenters. The lowest BCUT2D eigenvalue weighted by Gasteiger charge is -2.27. The fourth-order valence-electron chi connectivity index (χ4n) is 3.01. The van der Waals surface area contributed by atoms with E-state index >= 15 is 0 Å². The fourth-order valence-corrected chi connectivity index (χ4v) is 3.01. The summed E-state index contributed by atoms with van der Waals surface area (Å²) in [5, 5.41) is 9.01. The van der Waals surface area contributed by atoms with Crippen molar-refractivity contribution in [3.8, 4) is 0 Å². The highest BCUT2D eigenvalue weighted by Gasteiger charge is 2.12. The van der Waals surface area contributed by atoms with Crippen molar-refractivity contribution < 1.29 is 13.6 Å². The van der Waals surface area contributed by atoms with Crippen LogP contribution in [-0.2, 0) is 11.3 Å². The molecule has 1 aliphatic rings. The molecule has 1 saturated heterocycles. The minimum atomic E-state index is -0.947. The van der Waals surface area contributed by atoms with Gasteiger partial charge in [-0.1, -0.05) is 12.1 Å². The van der Waals surface area contributed by atoms with Crippen LogP contribution in [0.3, 0.4) is 0 Å². The second kappa shape index (κ2) is 10.4. The van der Waals surface area contributed by atoms with E-state index in [9.17, 15) is 13.6 Å². The lowest BCUT2D eigenvalue weighted by atomic mass is 10.1. The molecule has 3 N–H and O–H groups in total. The second-order valence-corrected chi connectivity index (χ2v) is 6.71. The van der Waals surface area contributed by atoms with Gasteiger partial charge in [-0.3, -0.25) is 9.69 Å². The molecule has 0 unspecified atom stereocenters. The molecule has 0 aliphatic carbocycles. The quantitative estimate of drug-likeness (QED) is 0.684. The Morgan fingerprint density at radius 3 is 2.57 bits per heavy atom. The molecule has 2 aromatic carbocycles. The van der Waals surface area contributed by atoms with Gasteiger partial charge >= 0.3 is 0 Å². The summed E-state index contributed by atoms with van der Waals surface area (Å²) in [6, 6.07) is 9.52. The number of hydrogen-bond acceptors (Lipinski definition) is 4. The van der Waals surface area contributed by atoms with Crippen LogP contribution in [0.2, 0.25) is 0 Å². The molecular formula is C20H25ClF2N4O. The maximum Gasteiger partial charge on any atom is 0.243 e. The molecule has 1 heterocycles. The van der Waals surface area contributed by atoms with Crippen LogP contribution in [0.25, 0.3) is 0 Å². The highest BCUT2D eigenvalue weighted by atomic mass is 35.5.